The van der Waals surface area contributed by atoms with Gasteiger partial charge in [0.15, 0.2) is 0 Å². The van der Waals surface area contributed by atoms with E-state index in [0.29, 0.717) is 11.3 Å². The number of phenolic OH excluding ortho intramolecular Hbond substituents is 1. The lowest BCUT2D eigenvalue weighted by Crippen LogP contribution is -2.24. The van der Waals surface area contributed by atoms with Crippen molar-refractivity contribution in [2.24, 2.45) is 5.10 Å². The highest BCUT2D eigenvalue weighted by Gasteiger charge is 2.10. The van der Waals surface area contributed by atoms with Crippen LogP contribution in [0.4, 0.5) is 5.69 Å². The summed E-state index contributed by atoms with van der Waals surface area (Å²) in [6, 6.07) is 12.2. The first-order valence-electron chi connectivity index (χ1n) is 7.42. The molecule has 0 spiro atoms. The number of carbonyl (C=O) groups is 2. The molecule has 0 aliphatic rings. The van der Waals surface area contributed by atoms with Gasteiger partial charge in [-0.2, -0.15) is 5.10 Å². The van der Waals surface area contributed by atoms with Crippen LogP contribution in [0.1, 0.15) is 23.1 Å². The van der Waals surface area contributed by atoms with Gasteiger partial charge in [-0.1, -0.05) is 29.8 Å². The van der Waals surface area contributed by atoms with Gasteiger partial charge in [-0.05, 0) is 37.6 Å². The molecular weight excluding hydrogens is 306 g/mol. The number of hydrazone groups is 1. The number of aryl methyl sites for hydroxylation is 2. The van der Waals surface area contributed by atoms with E-state index in [1.54, 1.807) is 24.3 Å². The van der Waals surface area contributed by atoms with Crippen molar-refractivity contribution in [2.75, 3.05) is 5.32 Å². The standard InChI is InChI=1S/C18H19N3O3/c1-12-7-8-15(13(2)9-12)20-17(23)10-18(24)21-19-11-14-5-3-4-6-16(14)22/h3-9,11,22H,10H2,1-2H3,(H,20,23)(H,21,24)/b19-11+. The quantitative estimate of drug-likeness (QED) is 0.448. The van der Waals surface area contributed by atoms with Gasteiger partial charge in [0.05, 0.1) is 6.21 Å². The van der Waals surface area contributed by atoms with Gasteiger partial charge in [-0.15, -0.1) is 0 Å². The zero-order valence-electron chi connectivity index (χ0n) is 13.5. The maximum absolute atomic E-state index is 11.9. The molecule has 0 aromatic heterocycles. The predicted molar refractivity (Wildman–Crippen MR) is 93.0 cm³/mol. The Morgan fingerprint density at radius 3 is 2.58 bits per heavy atom. The highest BCUT2D eigenvalue weighted by atomic mass is 16.3. The third-order valence-corrected chi connectivity index (χ3v) is 3.31. The molecule has 0 aliphatic carbocycles. The molecule has 3 N–H and O–H groups in total. The van der Waals surface area contributed by atoms with E-state index >= 15 is 0 Å². The average Bonchev–Trinajstić information content (AvgIpc) is 2.52. The number of carbonyl (C=O) groups excluding carboxylic acids is 2. The summed E-state index contributed by atoms with van der Waals surface area (Å²) in [7, 11) is 0. The van der Waals surface area contributed by atoms with Gasteiger partial charge in [0.1, 0.15) is 12.2 Å². The van der Waals surface area contributed by atoms with E-state index < -0.39 is 11.8 Å². The van der Waals surface area contributed by atoms with Gasteiger partial charge < -0.3 is 10.4 Å². The molecule has 6 heteroatoms. The molecule has 0 heterocycles. The lowest BCUT2D eigenvalue weighted by Gasteiger charge is -2.08. The van der Waals surface area contributed by atoms with Gasteiger partial charge in [-0.3, -0.25) is 9.59 Å². The Balaban J connectivity index is 1.85. The molecule has 0 saturated heterocycles. The Hall–Kier alpha value is -3.15. The van der Waals surface area contributed by atoms with Crippen molar-refractivity contribution in [3.63, 3.8) is 0 Å². The molecular formula is C18H19N3O3. The highest BCUT2D eigenvalue weighted by Crippen LogP contribution is 2.16. The number of benzene rings is 2. The van der Waals surface area contributed by atoms with Crippen LogP contribution in [0.15, 0.2) is 47.6 Å². The second-order valence-electron chi connectivity index (χ2n) is 5.40. The average molecular weight is 325 g/mol. The Morgan fingerprint density at radius 2 is 1.88 bits per heavy atom. The fraction of sp³-hybridized carbons (Fsp3) is 0.167. The fourth-order valence-corrected chi connectivity index (χ4v) is 2.10. The molecule has 2 amide bonds. The number of aromatic hydroxyl groups is 1. The number of phenols is 1. The van der Waals surface area contributed by atoms with Crippen LogP contribution in [0.25, 0.3) is 0 Å². The Bertz CT molecular complexity index is 785. The summed E-state index contributed by atoms with van der Waals surface area (Å²) in [5.74, 6) is -0.899. The van der Waals surface area contributed by atoms with Gasteiger partial charge in [0, 0.05) is 11.3 Å². The van der Waals surface area contributed by atoms with E-state index in [0.717, 1.165) is 11.1 Å². The van der Waals surface area contributed by atoms with E-state index in [1.807, 2.05) is 26.0 Å². The lowest BCUT2D eigenvalue weighted by atomic mass is 10.1. The topological polar surface area (TPSA) is 90.8 Å². The van der Waals surface area contributed by atoms with Crippen LogP contribution >= 0.6 is 0 Å². The number of hydrogen-bond acceptors (Lipinski definition) is 4. The maximum Gasteiger partial charge on any atom is 0.249 e. The lowest BCUT2D eigenvalue weighted by molar-refractivity contribution is -0.126. The minimum Gasteiger partial charge on any atom is -0.507 e. The number of anilines is 1. The van der Waals surface area contributed by atoms with Gasteiger partial charge in [0.2, 0.25) is 11.8 Å². The zero-order chi connectivity index (χ0) is 17.5. The van der Waals surface area contributed by atoms with E-state index in [9.17, 15) is 14.7 Å². The van der Waals surface area contributed by atoms with E-state index in [-0.39, 0.29) is 12.2 Å². The molecule has 0 fully saturated rings. The molecule has 0 unspecified atom stereocenters. The Morgan fingerprint density at radius 1 is 1.12 bits per heavy atom. The van der Waals surface area contributed by atoms with Gasteiger partial charge in [0.25, 0.3) is 0 Å². The minimum atomic E-state index is -0.538. The van der Waals surface area contributed by atoms with Crippen LogP contribution in [-0.2, 0) is 9.59 Å². The molecule has 2 aromatic carbocycles. The summed E-state index contributed by atoms with van der Waals surface area (Å²) in [6.45, 7) is 3.86. The van der Waals surface area contributed by atoms with Crippen LogP contribution in [0.3, 0.4) is 0 Å². The Kier molecular flexibility index (Phi) is 5.68. The molecule has 0 radical (unpaired) electrons. The zero-order valence-corrected chi connectivity index (χ0v) is 13.5. The first-order valence-corrected chi connectivity index (χ1v) is 7.42. The van der Waals surface area contributed by atoms with Crippen LogP contribution < -0.4 is 10.7 Å². The third-order valence-electron chi connectivity index (χ3n) is 3.31. The molecule has 2 aromatic rings. The molecule has 0 bridgehead atoms. The van der Waals surface area contributed by atoms with Crippen molar-refractivity contribution < 1.29 is 14.7 Å². The van der Waals surface area contributed by atoms with Crippen LogP contribution in [0.2, 0.25) is 0 Å². The summed E-state index contributed by atoms with van der Waals surface area (Å²) in [6.07, 6.45) is 0.973. The summed E-state index contributed by atoms with van der Waals surface area (Å²) in [5.41, 5.74) is 5.43. The van der Waals surface area contributed by atoms with Gasteiger partial charge >= 0.3 is 0 Å². The van der Waals surface area contributed by atoms with Crippen molar-refractivity contribution >= 4 is 23.7 Å². The highest BCUT2D eigenvalue weighted by molar-refractivity contribution is 6.04. The number of para-hydroxylation sites is 1. The van der Waals surface area contributed by atoms with E-state index in [4.69, 9.17) is 0 Å². The number of amides is 2. The number of hydrogen-bond donors (Lipinski definition) is 3. The first-order chi connectivity index (χ1) is 11.5. The smallest absolute Gasteiger partial charge is 0.249 e. The Labute approximate surface area is 140 Å². The number of nitrogens with zero attached hydrogens (tertiary/aromatic N) is 1. The molecule has 6 nitrogen and oxygen atoms in total. The second kappa shape index (κ2) is 7.92. The van der Waals surface area contributed by atoms with Crippen molar-refractivity contribution in [1.82, 2.24) is 5.43 Å². The minimum absolute atomic E-state index is 0.0584. The SMILES string of the molecule is Cc1ccc(NC(=O)CC(=O)N/N=C/c2ccccc2O)c(C)c1. The largest absolute Gasteiger partial charge is 0.507 e. The molecule has 124 valence electrons. The molecule has 0 aliphatic heterocycles. The number of nitrogens with one attached hydrogen (secondary N) is 2. The van der Waals surface area contributed by atoms with Crippen molar-refractivity contribution in [3.05, 3.63) is 59.2 Å². The summed E-state index contributed by atoms with van der Waals surface area (Å²) < 4.78 is 0. The van der Waals surface area contributed by atoms with E-state index in [1.165, 1.54) is 12.3 Å². The molecule has 0 saturated carbocycles. The van der Waals surface area contributed by atoms with Gasteiger partial charge in [-0.25, -0.2) is 5.43 Å². The second-order valence-corrected chi connectivity index (χ2v) is 5.40. The van der Waals surface area contributed by atoms with Crippen molar-refractivity contribution in [3.8, 4) is 5.75 Å². The monoisotopic (exact) mass is 325 g/mol. The number of rotatable bonds is 5. The fourth-order valence-electron chi connectivity index (χ4n) is 2.10. The maximum atomic E-state index is 11.9. The molecule has 24 heavy (non-hydrogen) atoms. The summed E-state index contributed by atoms with van der Waals surface area (Å²) >= 11 is 0. The van der Waals surface area contributed by atoms with Crippen molar-refractivity contribution in [2.45, 2.75) is 20.3 Å². The normalized spacial score (nSPS) is 10.6. The van der Waals surface area contributed by atoms with Crippen LogP contribution in [-0.4, -0.2) is 23.1 Å². The van der Waals surface area contributed by atoms with Crippen molar-refractivity contribution in [1.29, 1.82) is 0 Å². The third kappa shape index (κ3) is 4.95. The van der Waals surface area contributed by atoms with Crippen LogP contribution in [0, 0.1) is 13.8 Å². The van der Waals surface area contributed by atoms with E-state index in [2.05, 4.69) is 15.8 Å². The first kappa shape index (κ1) is 17.2. The molecule has 0 atom stereocenters. The van der Waals surface area contributed by atoms with Crippen LogP contribution in [0.5, 0.6) is 5.75 Å². The molecule has 2 rings (SSSR count). The summed E-state index contributed by atoms with van der Waals surface area (Å²) in [5, 5.41) is 16.0. The predicted octanol–water partition coefficient (Wildman–Crippen LogP) is 2.49. The summed E-state index contributed by atoms with van der Waals surface area (Å²) in [4.78, 5) is 23.6.